The number of aliphatic hydroxyl groups is 2. The van der Waals surface area contributed by atoms with Crippen LogP contribution in [0.1, 0.15) is 54.9 Å². The molecule has 39 heavy (non-hydrogen) atoms. The van der Waals surface area contributed by atoms with Crippen LogP contribution in [0.15, 0.2) is 41.8 Å². The summed E-state index contributed by atoms with van der Waals surface area (Å²) < 4.78 is 0. The van der Waals surface area contributed by atoms with Gasteiger partial charge in [-0.15, -0.1) is 11.3 Å². The van der Waals surface area contributed by atoms with E-state index in [9.17, 15) is 19.8 Å². The number of carbonyl (C=O) groups excluding carboxylic acids is 2. The topological polar surface area (TPSA) is 106 Å². The van der Waals surface area contributed by atoms with Gasteiger partial charge in [0, 0.05) is 43.2 Å². The number of fused-ring (bicyclic) bond motifs is 1. The third kappa shape index (κ3) is 6.32. The fraction of sp³-hybridized carbons (Fsp3) is 0.500. The van der Waals surface area contributed by atoms with Gasteiger partial charge in [-0.05, 0) is 43.2 Å². The number of thiophene rings is 1. The lowest BCUT2D eigenvalue weighted by Gasteiger charge is -2.35. The quantitative estimate of drug-likeness (QED) is 0.376. The summed E-state index contributed by atoms with van der Waals surface area (Å²) >= 11 is 1.59. The van der Waals surface area contributed by atoms with Crippen molar-refractivity contribution < 1.29 is 19.8 Å². The van der Waals surface area contributed by atoms with Crippen LogP contribution in [0, 0.1) is 5.92 Å². The number of nitrogens with one attached hydrogen (secondary N) is 1. The minimum atomic E-state index is -0.947. The minimum absolute atomic E-state index is 0.0749. The van der Waals surface area contributed by atoms with Crippen molar-refractivity contribution in [2.75, 3.05) is 32.8 Å². The smallest absolute Gasteiger partial charge is 0.252 e. The van der Waals surface area contributed by atoms with E-state index < -0.39 is 6.10 Å². The molecule has 2 aliphatic rings. The van der Waals surface area contributed by atoms with Gasteiger partial charge in [0.2, 0.25) is 5.91 Å². The van der Waals surface area contributed by atoms with Gasteiger partial charge in [-0.1, -0.05) is 43.5 Å². The van der Waals surface area contributed by atoms with Gasteiger partial charge >= 0.3 is 0 Å². The van der Waals surface area contributed by atoms with Crippen molar-refractivity contribution in [3.05, 3.63) is 52.9 Å². The second-order valence-electron chi connectivity index (χ2n) is 10.9. The van der Waals surface area contributed by atoms with E-state index >= 15 is 0 Å². The van der Waals surface area contributed by atoms with Gasteiger partial charge in [0.15, 0.2) is 0 Å². The molecule has 3 N–H and O–H groups in total. The van der Waals surface area contributed by atoms with Crippen molar-refractivity contribution in [1.29, 1.82) is 0 Å². The molecule has 1 aromatic carbocycles. The molecule has 9 heteroatoms. The molecule has 0 spiro atoms. The average molecular weight is 551 g/mol. The van der Waals surface area contributed by atoms with E-state index in [0.717, 1.165) is 39.9 Å². The van der Waals surface area contributed by atoms with Crippen molar-refractivity contribution in [3.63, 3.8) is 0 Å². The van der Waals surface area contributed by atoms with Crippen LogP contribution in [0.4, 0.5) is 0 Å². The summed E-state index contributed by atoms with van der Waals surface area (Å²) in [6.45, 7) is 3.50. The summed E-state index contributed by atoms with van der Waals surface area (Å²) in [5, 5.41) is 25.2. The summed E-state index contributed by atoms with van der Waals surface area (Å²) in [5.74, 6) is 0.295. The number of hydrogen-bond acceptors (Lipinski definition) is 7. The van der Waals surface area contributed by atoms with Crippen LogP contribution in [0.25, 0.3) is 21.5 Å². The van der Waals surface area contributed by atoms with Crippen LogP contribution in [-0.4, -0.2) is 81.7 Å². The van der Waals surface area contributed by atoms with Crippen LogP contribution in [0.2, 0.25) is 0 Å². The summed E-state index contributed by atoms with van der Waals surface area (Å²) in [4.78, 5) is 36.7. The third-order valence-corrected chi connectivity index (χ3v) is 8.99. The van der Waals surface area contributed by atoms with Gasteiger partial charge in [0.05, 0.1) is 40.9 Å². The molecule has 1 aliphatic heterocycles. The van der Waals surface area contributed by atoms with Crippen molar-refractivity contribution in [1.82, 2.24) is 20.1 Å². The Kier molecular flexibility index (Phi) is 8.92. The maximum atomic E-state index is 14.1. The van der Waals surface area contributed by atoms with E-state index in [1.165, 1.54) is 19.3 Å². The van der Waals surface area contributed by atoms with Crippen LogP contribution < -0.4 is 5.32 Å². The molecular formula is C30H38N4O4S. The molecule has 5 rings (SSSR count). The molecule has 1 saturated carbocycles. The van der Waals surface area contributed by atoms with Crippen molar-refractivity contribution in [3.8, 4) is 10.6 Å². The number of hydrogen-bond donors (Lipinski definition) is 3. The highest BCUT2D eigenvalue weighted by atomic mass is 32.1. The maximum Gasteiger partial charge on any atom is 0.252 e. The number of aliphatic hydroxyl groups excluding tert-OH is 2. The van der Waals surface area contributed by atoms with Gasteiger partial charge in [-0.3, -0.25) is 14.5 Å². The summed E-state index contributed by atoms with van der Waals surface area (Å²) in [5.41, 5.74) is 3.03. The number of benzene rings is 1. The molecule has 3 heterocycles. The van der Waals surface area contributed by atoms with Crippen molar-refractivity contribution >= 4 is 34.1 Å². The fourth-order valence-corrected chi connectivity index (χ4v) is 6.68. The Morgan fingerprint density at radius 2 is 1.95 bits per heavy atom. The first-order valence-electron chi connectivity index (χ1n) is 14.0. The Balaban J connectivity index is 1.50. The number of carbonyl (C=O) groups is 2. The Morgan fingerprint density at radius 3 is 2.67 bits per heavy atom. The molecular weight excluding hydrogens is 512 g/mol. The summed E-state index contributed by atoms with van der Waals surface area (Å²) in [6.07, 6.45) is 5.04. The number of aromatic nitrogens is 1. The third-order valence-electron chi connectivity index (χ3n) is 8.11. The summed E-state index contributed by atoms with van der Waals surface area (Å²) in [6, 6.07) is 11.9. The van der Waals surface area contributed by atoms with E-state index in [-0.39, 0.29) is 37.6 Å². The zero-order chi connectivity index (χ0) is 27.4. The Labute approximate surface area is 233 Å². The van der Waals surface area contributed by atoms with E-state index in [4.69, 9.17) is 4.98 Å². The predicted octanol–water partition coefficient (Wildman–Crippen LogP) is 3.66. The molecule has 0 radical (unpaired) electrons. The Bertz CT molecular complexity index is 1290. The molecule has 208 valence electrons. The predicted molar refractivity (Wildman–Crippen MR) is 154 cm³/mol. The van der Waals surface area contributed by atoms with Crippen LogP contribution in [0.5, 0.6) is 0 Å². The maximum absolute atomic E-state index is 14.1. The standard InChI is InChI=1S/C30H38N4O4S/c1-20(21-8-3-2-4-9-21)31-30(38)28-23-10-5-6-11-25(23)32-29(26-12-7-15-39-26)24(28)17-33-13-14-34(27(37)18-33)16-22(36)19-35/h5-7,10-12,15,20-22,35-36H,2-4,8-9,13-14,16-19H2,1H3,(H,31,38)/t20-,22+/m0/s1. The zero-order valence-corrected chi connectivity index (χ0v) is 23.3. The number of para-hydroxylation sites is 1. The lowest BCUT2D eigenvalue weighted by molar-refractivity contribution is -0.138. The van der Waals surface area contributed by atoms with E-state index in [0.29, 0.717) is 31.1 Å². The van der Waals surface area contributed by atoms with E-state index in [1.54, 1.807) is 16.2 Å². The van der Waals surface area contributed by atoms with Gasteiger partial charge in [-0.25, -0.2) is 4.98 Å². The van der Waals surface area contributed by atoms with Crippen LogP contribution in [0.3, 0.4) is 0 Å². The van der Waals surface area contributed by atoms with Crippen molar-refractivity contribution in [2.24, 2.45) is 5.92 Å². The van der Waals surface area contributed by atoms with Gasteiger partial charge in [0.25, 0.3) is 5.91 Å². The number of rotatable bonds is 9. The summed E-state index contributed by atoms with van der Waals surface area (Å²) in [7, 11) is 0. The molecule has 2 amide bonds. The molecule has 2 atom stereocenters. The zero-order valence-electron chi connectivity index (χ0n) is 22.5. The molecule has 1 saturated heterocycles. The first-order chi connectivity index (χ1) is 18.9. The first kappa shape index (κ1) is 27.7. The number of pyridine rings is 1. The average Bonchev–Trinajstić information content (AvgIpc) is 3.49. The molecule has 3 aromatic rings. The molecule has 0 unspecified atom stereocenters. The number of piperazine rings is 1. The molecule has 2 aromatic heterocycles. The molecule has 2 fully saturated rings. The van der Waals surface area contributed by atoms with Gasteiger partial charge in [-0.2, -0.15) is 0 Å². The molecule has 8 nitrogen and oxygen atoms in total. The highest BCUT2D eigenvalue weighted by Gasteiger charge is 2.30. The number of amides is 2. The lowest BCUT2D eigenvalue weighted by atomic mass is 9.84. The number of β-amino-alcohol motifs (C(OH)–C–C–N with tert-alkyl or cyclic N) is 1. The Morgan fingerprint density at radius 1 is 1.15 bits per heavy atom. The largest absolute Gasteiger partial charge is 0.394 e. The molecule has 0 bridgehead atoms. The van der Waals surface area contributed by atoms with Crippen LogP contribution >= 0.6 is 11.3 Å². The van der Waals surface area contributed by atoms with Gasteiger partial charge in [0.1, 0.15) is 0 Å². The highest BCUT2D eigenvalue weighted by molar-refractivity contribution is 7.13. The van der Waals surface area contributed by atoms with Crippen LogP contribution in [-0.2, 0) is 11.3 Å². The monoisotopic (exact) mass is 550 g/mol. The second kappa shape index (κ2) is 12.6. The highest BCUT2D eigenvalue weighted by Crippen LogP contribution is 2.34. The van der Waals surface area contributed by atoms with Crippen molar-refractivity contribution in [2.45, 2.75) is 57.7 Å². The van der Waals surface area contributed by atoms with Gasteiger partial charge < -0.3 is 20.4 Å². The van der Waals surface area contributed by atoms with E-state index in [2.05, 4.69) is 12.2 Å². The SMILES string of the molecule is C[C@H](NC(=O)c1c(CN2CCN(C[C@@H](O)CO)C(=O)C2)c(-c2cccs2)nc2ccccc12)C1CCCCC1. The fourth-order valence-electron chi connectivity index (χ4n) is 5.93. The normalized spacial score (nSPS) is 18.8. The van der Waals surface area contributed by atoms with E-state index in [1.807, 2.05) is 46.7 Å². The Hall–Kier alpha value is -2.85. The first-order valence-corrected chi connectivity index (χ1v) is 14.9. The molecule has 1 aliphatic carbocycles. The minimum Gasteiger partial charge on any atom is -0.394 e. The second-order valence-corrected chi connectivity index (χ2v) is 11.8. The lowest BCUT2D eigenvalue weighted by Crippen LogP contribution is -2.52. The number of nitrogens with zero attached hydrogens (tertiary/aromatic N) is 3.